The fourth-order valence-corrected chi connectivity index (χ4v) is 5.87. The fourth-order valence-electron chi connectivity index (χ4n) is 3.62. The Balaban J connectivity index is 0.000000264. The first kappa shape index (κ1) is 36.8. The van der Waals surface area contributed by atoms with Crippen molar-refractivity contribution in [1.29, 1.82) is 0 Å². The third kappa shape index (κ3) is 13.9. The van der Waals surface area contributed by atoms with E-state index in [1.54, 1.807) is 56.6 Å². The van der Waals surface area contributed by atoms with Crippen molar-refractivity contribution in [1.82, 2.24) is 18.9 Å². The number of aromatic nitrogens is 2. The zero-order chi connectivity index (χ0) is 32.3. The third-order valence-electron chi connectivity index (χ3n) is 5.97. The maximum atomic E-state index is 12.4. The third-order valence-corrected chi connectivity index (χ3v) is 9.06. The zero-order valence-corrected chi connectivity index (χ0v) is 28.9. The lowest BCUT2D eigenvalue weighted by molar-refractivity contribution is -0.132. The molecule has 1 unspecified atom stereocenters. The van der Waals surface area contributed by atoms with Gasteiger partial charge in [0.05, 0.1) is 5.92 Å². The second kappa shape index (κ2) is 20.5. The van der Waals surface area contributed by atoms with Crippen LogP contribution in [-0.2, 0) is 21.8 Å². The van der Waals surface area contributed by atoms with Crippen LogP contribution in [0.25, 0.3) is 0 Å². The van der Waals surface area contributed by atoms with E-state index in [0.29, 0.717) is 5.75 Å². The van der Waals surface area contributed by atoms with Crippen LogP contribution in [0.4, 0.5) is 0 Å². The van der Waals surface area contributed by atoms with E-state index < -0.39 is 0 Å². The molecule has 0 aliphatic heterocycles. The maximum absolute atomic E-state index is 12.4. The molecule has 10 heteroatoms. The molecule has 0 fully saturated rings. The van der Waals surface area contributed by atoms with Crippen LogP contribution in [0.5, 0.6) is 0 Å². The summed E-state index contributed by atoms with van der Waals surface area (Å²) < 4.78 is 5.53. The number of carbonyl (C=O) groups is 2. The molecule has 0 radical (unpaired) electrons. The number of rotatable bonds is 8. The zero-order valence-electron chi connectivity index (χ0n) is 25.6. The Morgan fingerprint density at radius 1 is 0.727 bits per heavy atom. The predicted molar refractivity (Wildman–Crippen MR) is 196 cm³/mol. The van der Waals surface area contributed by atoms with Crippen LogP contribution in [0.3, 0.4) is 0 Å². The summed E-state index contributed by atoms with van der Waals surface area (Å²) in [7, 11) is 6.97. The number of carbonyl (C=O) groups excluding carboxylic acids is 2. The quantitative estimate of drug-likeness (QED) is 0.148. The average molecular weight is 665 g/mol. The number of amides is 2. The van der Waals surface area contributed by atoms with Crippen molar-refractivity contribution in [3.63, 3.8) is 0 Å². The molecule has 0 spiro atoms. The molecule has 4 aromatic rings. The van der Waals surface area contributed by atoms with E-state index in [4.69, 9.17) is 24.4 Å². The molecule has 44 heavy (non-hydrogen) atoms. The summed E-state index contributed by atoms with van der Waals surface area (Å²) in [6.45, 7) is 3.29. The molecule has 0 saturated carbocycles. The minimum Gasteiger partial charge on any atom is -0.349 e. The highest BCUT2D eigenvalue weighted by Crippen LogP contribution is 2.19. The van der Waals surface area contributed by atoms with Crippen molar-refractivity contribution in [2.45, 2.75) is 12.2 Å². The van der Waals surface area contributed by atoms with E-state index >= 15 is 0 Å². The number of hydrogen-bond acceptors (Lipinski definition) is 6. The van der Waals surface area contributed by atoms with Gasteiger partial charge >= 0.3 is 0 Å². The van der Waals surface area contributed by atoms with Crippen LogP contribution < -0.4 is 0 Å². The number of thioether (sulfide) groups is 2. The lowest BCUT2D eigenvalue weighted by atomic mass is 10.00. The largest absolute Gasteiger partial charge is 0.349 e. The minimum atomic E-state index is -0.0732. The van der Waals surface area contributed by atoms with Gasteiger partial charge in [0.2, 0.25) is 11.8 Å². The summed E-state index contributed by atoms with van der Waals surface area (Å²) in [6, 6.07) is 28.3. The summed E-state index contributed by atoms with van der Waals surface area (Å²) >= 11 is 13.9. The highest BCUT2D eigenvalue weighted by atomic mass is 32.2. The number of benzene rings is 2. The summed E-state index contributed by atoms with van der Waals surface area (Å²) in [5.74, 6) is 1.63. The van der Waals surface area contributed by atoms with Crippen molar-refractivity contribution in [2.75, 3.05) is 33.9 Å². The Bertz CT molecular complexity index is 1420. The maximum Gasteiger partial charge on any atom is 0.245 e. The van der Waals surface area contributed by atoms with Gasteiger partial charge in [0.15, 0.2) is 0 Å². The van der Waals surface area contributed by atoms with Gasteiger partial charge in [-0.1, -0.05) is 115 Å². The number of likely N-dealkylation sites (N-methyl/N-ethyl adjacent to an activating group) is 1. The van der Waals surface area contributed by atoms with Crippen molar-refractivity contribution in [2.24, 2.45) is 5.92 Å². The van der Waals surface area contributed by atoms with Crippen molar-refractivity contribution < 1.29 is 9.59 Å². The molecule has 0 N–H and O–H groups in total. The van der Waals surface area contributed by atoms with Crippen LogP contribution >= 0.6 is 48.0 Å². The smallest absolute Gasteiger partial charge is 0.245 e. The molecule has 0 aliphatic rings. The molecule has 2 aromatic heterocycles. The summed E-state index contributed by atoms with van der Waals surface area (Å²) in [6.07, 6.45) is 9.81. The Hall–Kier alpha value is -3.44. The Kier molecular flexibility index (Phi) is 17.1. The molecule has 0 saturated heterocycles. The van der Waals surface area contributed by atoms with Gasteiger partial charge in [-0.15, -0.1) is 0 Å². The summed E-state index contributed by atoms with van der Waals surface area (Å²) in [4.78, 5) is 25.9. The molecule has 0 aliphatic carbocycles. The predicted octanol–water partition coefficient (Wildman–Crippen LogP) is 7.12. The molecule has 2 amide bonds. The Morgan fingerprint density at radius 2 is 1.18 bits per heavy atom. The molecule has 232 valence electrons. The first-order valence-electron chi connectivity index (χ1n) is 13.8. The second-order valence-corrected chi connectivity index (χ2v) is 13.1. The number of nitrogens with zero attached hydrogens (tertiary/aromatic N) is 4. The number of thiocarbonyl (C=S) groups is 2. The summed E-state index contributed by atoms with van der Waals surface area (Å²) in [5, 5.41) is 0. The average Bonchev–Trinajstić information content (AvgIpc) is 3.78. The van der Waals surface area contributed by atoms with Gasteiger partial charge in [-0.05, 0) is 47.9 Å². The van der Waals surface area contributed by atoms with Crippen LogP contribution in [0, 0.1) is 5.92 Å². The number of hydrogen-bond donors (Lipinski definition) is 0. The monoisotopic (exact) mass is 664 g/mol. The van der Waals surface area contributed by atoms with Gasteiger partial charge in [-0.2, -0.15) is 0 Å². The van der Waals surface area contributed by atoms with Crippen molar-refractivity contribution in [3.8, 4) is 0 Å². The molecular weight excluding hydrogens is 625 g/mol. The molecule has 2 heterocycles. The van der Waals surface area contributed by atoms with E-state index in [1.807, 2.05) is 82.5 Å². The Labute approximate surface area is 281 Å². The fraction of sp³-hybridized carbons (Fsp3) is 0.235. The molecule has 6 nitrogen and oxygen atoms in total. The van der Waals surface area contributed by atoms with Crippen LogP contribution in [0.1, 0.15) is 11.1 Å². The van der Waals surface area contributed by atoms with Crippen molar-refractivity contribution >= 4 is 68.4 Å². The highest BCUT2D eigenvalue weighted by molar-refractivity contribution is 8.23. The van der Waals surface area contributed by atoms with E-state index in [2.05, 4.69) is 43.0 Å². The molecule has 4 rings (SSSR count). The molecule has 0 bridgehead atoms. The van der Waals surface area contributed by atoms with Gasteiger partial charge in [-0.3, -0.25) is 9.59 Å². The van der Waals surface area contributed by atoms with Crippen LogP contribution in [0.15, 0.2) is 122 Å². The van der Waals surface area contributed by atoms with E-state index in [1.165, 1.54) is 22.1 Å². The van der Waals surface area contributed by atoms with Gasteiger partial charge in [-0.25, -0.2) is 0 Å². The first-order chi connectivity index (χ1) is 21.1. The lowest BCUT2D eigenvalue weighted by Crippen LogP contribution is -2.32. The highest BCUT2D eigenvalue weighted by Gasteiger charge is 2.21. The van der Waals surface area contributed by atoms with E-state index in [9.17, 15) is 9.59 Å². The van der Waals surface area contributed by atoms with Gasteiger partial charge in [0, 0.05) is 64.5 Å². The lowest BCUT2D eigenvalue weighted by Gasteiger charge is -2.20. The molecular formula is C34H40N4O2S4. The standard InChI is InChI=1S/C17H20N2OS2.C12H11NS2.C5H9NO/c1-18(2)16(20)15(12-14-8-4-3-5-9-14)13-22-17(21)19-10-6-7-11-19;14-12(13-8-4-5-9-13)15-10-11-6-2-1-3-7-11;1-4-5(7)6(2)3/h3-11,15H,12-13H2,1-2H3;1-9H,10H2;4H,1H2,2-3H3. The van der Waals surface area contributed by atoms with E-state index in [0.717, 1.165) is 20.8 Å². The van der Waals surface area contributed by atoms with Gasteiger partial charge in [0.1, 0.15) is 8.64 Å². The first-order valence-corrected chi connectivity index (χ1v) is 16.6. The second-order valence-electron chi connectivity index (χ2n) is 9.85. The van der Waals surface area contributed by atoms with Crippen LogP contribution in [-0.4, -0.2) is 73.3 Å². The summed E-state index contributed by atoms with van der Waals surface area (Å²) in [5.41, 5.74) is 2.48. The molecule has 2 aromatic carbocycles. The SMILES string of the molecule is C=CC(=O)N(C)C.CN(C)C(=O)C(CSC(=S)n1cccc1)Cc1ccccc1.S=C(SCc1ccccc1)n1cccc1. The Morgan fingerprint density at radius 3 is 1.59 bits per heavy atom. The molecule has 1 atom stereocenters. The van der Waals surface area contributed by atoms with Crippen LogP contribution in [0.2, 0.25) is 0 Å². The van der Waals surface area contributed by atoms with Crippen molar-refractivity contribution in [3.05, 3.63) is 133 Å². The topological polar surface area (TPSA) is 50.5 Å². The normalized spacial score (nSPS) is 10.6. The van der Waals surface area contributed by atoms with E-state index in [-0.39, 0.29) is 17.7 Å². The van der Waals surface area contributed by atoms with Gasteiger partial charge < -0.3 is 18.9 Å². The minimum absolute atomic E-state index is 0.0556. The van der Waals surface area contributed by atoms with Gasteiger partial charge in [0.25, 0.3) is 0 Å².